The third-order valence-electron chi connectivity index (χ3n) is 7.37. The quantitative estimate of drug-likeness (QED) is 0.167. The number of nitrogens with zero attached hydrogens (tertiary/aromatic N) is 4. The standard InChI is InChI=1S/C30H10F12N4S4/c31-27(32,33)13-5-11(6-14(9-13)28(34,35)36)17-1-3-19(47-17)21-23-25(45-49-43-23)22(26-24(21)44-50-46-26)20-4-2-18(48-20)12-7-15(29(37,38)39)10-16(8-12)30(40,41)42/h1-10H. The van der Waals surface area contributed by atoms with Crippen LogP contribution in [0.4, 0.5) is 64.1 Å². The van der Waals surface area contributed by atoms with Gasteiger partial charge in [0.25, 0.3) is 0 Å². The lowest BCUT2D eigenvalue weighted by molar-refractivity contribution is -0.144. The van der Waals surface area contributed by atoms with Gasteiger partial charge < -0.3 is 0 Å². The van der Waals surface area contributed by atoms with E-state index in [1.807, 2.05) is 0 Å². The van der Waals surface area contributed by atoms with Crippen molar-refractivity contribution in [1.82, 2.24) is 8.75 Å². The van der Waals surface area contributed by atoms with Gasteiger partial charge in [-0.1, -0.05) is 0 Å². The summed E-state index contributed by atoms with van der Waals surface area (Å²) < 4.78 is 180. The first-order chi connectivity index (χ1) is 23.3. The average molecular weight is 783 g/mol. The summed E-state index contributed by atoms with van der Waals surface area (Å²) in [7, 11) is 0. The molecule has 0 radical (unpaired) electrons. The zero-order chi connectivity index (χ0) is 36.0. The zero-order valence-corrected chi connectivity index (χ0v) is 27.0. The molecule has 1 aliphatic heterocycles. The maximum atomic E-state index is 13.5. The summed E-state index contributed by atoms with van der Waals surface area (Å²) in [6, 6.07) is 8.20. The first-order valence-corrected chi connectivity index (χ1v) is 16.6. The molecule has 1 aliphatic rings. The summed E-state index contributed by atoms with van der Waals surface area (Å²) in [6.45, 7) is 0. The molecule has 20 heteroatoms. The van der Waals surface area contributed by atoms with Gasteiger partial charge in [-0.15, -0.1) is 22.7 Å². The summed E-state index contributed by atoms with van der Waals surface area (Å²) in [6.07, 6.45) is -20.2. The highest BCUT2D eigenvalue weighted by molar-refractivity contribution is 7.58. The van der Waals surface area contributed by atoms with Crippen molar-refractivity contribution in [2.75, 3.05) is 0 Å². The van der Waals surface area contributed by atoms with Crippen molar-refractivity contribution in [3.63, 3.8) is 0 Å². The minimum absolute atomic E-state index is 0.0317. The van der Waals surface area contributed by atoms with Crippen LogP contribution in [0.15, 0.2) is 69.4 Å². The van der Waals surface area contributed by atoms with E-state index in [9.17, 15) is 52.7 Å². The minimum Gasteiger partial charge on any atom is -0.172 e. The van der Waals surface area contributed by atoms with Crippen LogP contribution in [0.25, 0.3) is 52.8 Å². The molecule has 0 fully saturated rings. The van der Waals surface area contributed by atoms with Crippen LogP contribution in [0, 0.1) is 0 Å². The van der Waals surface area contributed by atoms with Crippen molar-refractivity contribution < 1.29 is 52.7 Å². The summed E-state index contributed by atoms with van der Waals surface area (Å²) in [5.74, 6) is 0. The van der Waals surface area contributed by atoms with E-state index in [0.717, 1.165) is 45.8 Å². The van der Waals surface area contributed by atoms with Crippen molar-refractivity contribution in [3.8, 4) is 41.8 Å². The number of halogens is 12. The lowest BCUT2D eigenvalue weighted by Gasteiger charge is -2.14. The molecular weight excluding hydrogens is 773 g/mol. The van der Waals surface area contributed by atoms with Crippen LogP contribution in [0.3, 0.4) is 0 Å². The third kappa shape index (κ3) is 6.21. The van der Waals surface area contributed by atoms with Crippen molar-refractivity contribution >= 4 is 68.2 Å². The molecule has 6 aromatic rings. The number of hydrogen-bond donors (Lipinski definition) is 0. The van der Waals surface area contributed by atoms with E-state index < -0.39 is 47.0 Å². The lowest BCUT2D eigenvalue weighted by atomic mass is 10.0. The Morgan fingerprint density at radius 1 is 0.420 bits per heavy atom. The molecule has 3 aromatic heterocycles. The van der Waals surface area contributed by atoms with Crippen LogP contribution < -0.4 is 0 Å². The number of benzene rings is 3. The van der Waals surface area contributed by atoms with E-state index in [1.165, 1.54) is 24.3 Å². The van der Waals surface area contributed by atoms with Crippen LogP contribution in [0.5, 0.6) is 0 Å². The van der Waals surface area contributed by atoms with Crippen molar-refractivity contribution in [2.24, 2.45) is 8.73 Å². The molecule has 0 amide bonds. The highest BCUT2D eigenvalue weighted by Gasteiger charge is 2.39. The molecule has 0 unspecified atom stereocenters. The monoisotopic (exact) mass is 782 g/mol. The van der Waals surface area contributed by atoms with E-state index in [2.05, 4.69) is 17.5 Å². The fourth-order valence-electron chi connectivity index (χ4n) is 5.17. The molecule has 4 nitrogen and oxygen atoms in total. The second-order valence-electron chi connectivity index (χ2n) is 10.6. The van der Waals surface area contributed by atoms with Gasteiger partial charge in [0.15, 0.2) is 0 Å². The predicted octanol–water partition coefficient (Wildman–Crippen LogP) is 13.3. The number of thiophene rings is 2. The first kappa shape index (κ1) is 34.3. The van der Waals surface area contributed by atoms with Crippen molar-refractivity contribution in [3.05, 3.63) is 82.9 Å². The molecule has 0 spiro atoms. The largest absolute Gasteiger partial charge is 0.416 e. The summed E-state index contributed by atoms with van der Waals surface area (Å²) in [5.41, 5.74) is -4.91. The van der Waals surface area contributed by atoms with Gasteiger partial charge in [0.2, 0.25) is 0 Å². The Morgan fingerprint density at radius 3 is 1.06 bits per heavy atom. The second-order valence-corrected chi connectivity index (χ2v) is 13.8. The second kappa shape index (κ2) is 11.7. The predicted molar refractivity (Wildman–Crippen MR) is 166 cm³/mol. The first-order valence-electron chi connectivity index (χ1n) is 13.5. The maximum absolute atomic E-state index is 13.5. The van der Waals surface area contributed by atoms with Gasteiger partial charge in [-0.05, 0) is 71.8 Å². The van der Waals surface area contributed by atoms with Crippen LogP contribution in [-0.2, 0) is 36.1 Å². The number of hydrogen-bond acceptors (Lipinski definition) is 7. The SMILES string of the molecule is FC(F)(F)c1cc(-c2ccc(-c3c4c(c(-c5ccc(-c6cc(C(F)(F)F)cc(C(F)(F)F)c6)s5)c5nsnc35)N=S=N4)s2)cc(C(F)(F)F)c1. The van der Waals surface area contributed by atoms with Gasteiger partial charge in [-0.25, -0.2) is 0 Å². The van der Waals surface area contributed by atoms with Gasteiger partial charge >= 0.3 is 24.7 Å². The average Bonchev–Trinajstić information content (AvgIpc) is 3.85. The summed E-state index contributed by atoms with van der Waals surface area (Å²) >= 11 is 3.30. The van der Waals surface area contributed by atoms with Gasteiger partial charge in [-0.2, -0.15) is 70.2 Å². The molecule has 7 rings (SSSR count). The molecule has 258 valence electrons. The van der Waals surface area contributed by atoms with Crippen LogP contribution in [0.1, 0.15) is 22.3 Å². The van der Waals surface area contributed by atoms with Crippen LogP contribution >= 0.6 is 34.4 Å². The number of alkyl halides is 12. The van der Waals surface area contributed by atoms with Crippen molar-refractivity contribution in [1.29, 1.82) is 0 Å². The maximum Gasteiger partial charge on any atom is 0.416 e. The zero-order valence-electron chi connectivity index (χ0n) is 23.7. The number of fused-ring (bicyclic) bond motifs is 2. The van der Waals surface area contributed by atoms with Gasteiger partial charge in [-0.3, -0.25) is 0 Å². The third-order valence-corrected chi connectivity index (χ3v) is 10.7. The molecular formula is C30H10F12N4S4. The fourth-order valence-corrected chi connectivity index (χ4v) is 8.37. The smallest absolute Gasteiger partial charge is 0.172 e. The topological polar surface area (TPSA) is 50.5 Å². The minimum atomic E-state index is -5.05. The van der Waals surface area contributed by atoms with Gasteiger partial charge in [0.1, 0.15) is 22.4 Å². The summed E-state index contributed by atoms with van der Waals surface area (Å²) in [5, 5.41) is 0. The van der Waals surface area contributed by atoms with E-state index >= 15 is 0 Å². The van der Waals surface area contributed by atoms with E-state index in [1.54, 1.807) is 0 Å². The van der Waals surface area contributed by atoms with Gasteiger partial charge in [0.05, 0.1) is 45.3 Å². The number of aromatic nitrogens is 2. The molecule has 0 bridgehead atoms. The highest BCUT2D eigenvalue weighted by Crippen LogP contribution is 2.55. The summed E-state index contributed by atoms with van der Waals surface area (Å²) in [4.78, 5) is 0.887. The molecule has 50 heavy (non-hydrogen) atoms. The Bertz CT molecular complexity index is 2160. The molecule has 0 aliphatic carbocycles. The Kier molecular flexibility index (Phi) is 8.03. The Labute approximate surface area is 286 Å². The fraction of sp³-hybridized carbons (Fsp3) is 0.133. The van der Waals surface area contributed by atoms with E-state index in [0.29, 0.717) is 45.1 Å². The molecule has 0 N–H and O–H groups in total. The molecule has 4 heterocycles. The van der Waals surface area contributed by atoms with Crippen LogP contribution in [-0.4, -0.2) is 8.75 Å². The lowest BCUT2D eigenvalue weighted by Crippen LogP contribution is -2.10. The van der Waals surface area contributed by atoms with E-state index in [-0.39, 0.29) is 55.4 Å². The molecule has 0 saturated heterocycles. The Balaban J connectivity index is 1.34. The molecule has 0 atom stereocenters. The molecule has 0 saturated carbocycles. The normalized spacial score (nSPS) is 13.7. The number of rotatable bonds is 4. The highest BCUT2D eigenvalue weighted by atomic mass is 32.1. The van der Waals surface area contributed by atoms with Crippen LogP contribution in [0.2, 0.25) is 0 Å². The molecule has 3 aromatic carbocycles. The Morgan fingerprint density at radius 2 is 0.740 bits per heavy atom. The van der Waals surface area contributed by atoms with Crippen molar-refractivity contribution in [2.45, 2.75) is 24.7 Å². The van der Waals surface area contributed by atoms with Gasteiger partial charge in [0, 0.05) is 30.6 Å². The van der Waals surface area contributed by atoms with E-state index in [4.69, 9.17) is 0 Å². The Hall–Kier alpha value is -4.14.